The molecule has 0 saturated heterocycles. The summed E-state index contributed by atoms with van der Waals surface area (Å²) in [6.45, 7) is 6.30. The summed E-state index contributed by atoms with van der Waals surface area (Å²) in [4.78, 5) is 11.7. The Balaban J connectivity index is 2.79. The van der Waals surface area contributed by atoms with E-state index in [1.165, 1.54) is 7.11 Å². The molecule has 3 heteroatoms. The molecule has 0 aromatic heterocycles. The van der Waals surface area contributed by atoms with Gasteiger partial charge >= 0.3 is 5.97 Å². The molecule has 0 aromatic rings. The predicted molar refractivity (Wildman–Crippen MR) is 62.9 cm³/mol. The molecule has 0 spiro atoms. The number of hydrogen-bond donors (Lipinski definition) is 1. The van der Waals surface area contributed by atoms with Gasteiger partial charge in [-0.3, -0.25) is 4.79 Å². The number of rotatable bonds is 3. The molecule has 0 aromatic carbocycles. The molecular weight excluding hydrogens is 204 g/mol. The molecule has 1 N–H and O–H groups in total. The minimum absolute atomic E-state index is 0.272. The van der Waals surface area contributed by atoms with Crippen molar-refractivity contribution in [1.82, 2.24) is 0 Å². The molecule has 1 aliphatic rings. The third-order valence-corrected chi connectivity index (χ3v) is 4.22. The van der Waals surface area contributed by atoms with Crippen LogP contribution in [-0.2, 0) is 9.53 Å². The summed E-state index contributed by atoms with van der Waals surface area (Å²) in [5, 5.41) is 10.6. The van der Waals surface area contributed by atoms with Gasteiger partial charge in [0, 0.05) is 0 Å². The van der Waals surface area contributed by atoms with Gasteiger partial charge in [0.2, 0.25) is 0 Å². The number of esters is 1. The lowest BCUT2D eigenvalue weighted by Gasteiger charge is -2.42. The number of aliphatic hydroxyl groups is 1. The van der Waals surface area contributed by atoms with E-state index in [0.29, 0.717) is 31.1 Å². The van der Waals surface area contributed by atoms with E-state index >= 15 is 0 Å². The Hall–Kier alpha value is -0.570. The molecule has 1 saturated carbocycles. The first kappa shape index (κ1) is 13.5. The second kappa shape index (κ2) is 5.17. The van der Waals surface area contributed by atoms with Crippen LogP contribution in [0, 0.1) is 17.8 Å². The van der Waals surface area contributed by atoms with Crippen molar-refractivity contribution in [2.24, 2.45) is 17.8 Å². The van der Waals surface area contributed by atoms with Gasteiger partial charge in [0.05, 0.1) is 18.6 Å². The van der Waals surface area contributed by atoms with Crippen LogP contribution >= 0.6 is 0 Å². The highest BCUT2D eigenvalue weighted by atomic mass is 16.5. The normalized spacial score (nSPS) is 36.8. The Morgan fingerprint density at radius 1 is 1.50 bits per heavy atom. The van der Waals surface area contributed by atoms with E-state index in [1.54, 1.807) is 0 Å². The summed E-state index contributed by atoms with van der Waals surface area (Å²) in [6.07, 6.45) is 3.06. The van der Waals surface area contributed by atoms with Crippen molar-refractivity contribution in [3.63, 3.8) is 0 Å². The standard InChI is InChI=1S/C13H24O3/c1-5-11(12(14)16-4)13(15)7-6-9(2)10(3)8-13/h9-11,15H,5-8H2,1-4H3. The molecule has 0 amide bonds. The first-order valence-electron chi connectivity index (χ1n) is 6.24. The van der Waals surface area contributed by atoms with E-state index in [4.69, 9.17) is 4.74 Å². The largest absolute Gasteiger partial charge is 0.469 e. The maximum atomic E-state index is 11.7. The van der Waals surface area contributed by atoms with Crippen molar-refractivity contribution in [3.05, 3.63) is 0 Å². The molecule has 4 unspecified atom stereocenters. The van der Waals surface area contributed by atoms with E-state index in [0.717, 1.165) is 6.42 Å². The fraction of sp³-hybridized carbons (Fsp3) is 0.923. The van der Waals surface area contributed by atoms with Gasteiger partial charge in [-0.2, -0.15) is 0 Å². The minimum atomic E-state index is -0.853. The van der Waals surface area contributed by atoms with Crippen molar-refractivity contribution >= 4 is 5.97 Å². The topological polar surface area (TPSA) is 46.5 Å². The molecule has 0 aliphatic heterocycles. The molecule has 1 fully saturated rings. The van der Waals surface area contributed by atoms with Crippen LogP contribution in [0.2, 0.25) is 0 Å². The highest BCUT2D eigenvalue weighted by Gasteiger charge is 2.45. The summed E-state index contributed by atoms with van der Waals surface area (Å²) in [5.41, 5.74) is -0.853. The SMILES string of the molecule is CCC(C(=O)OC)C1(O)CCC(C)C(C)C1. The summed E-state index contributed by atoms with van der Waals surface area (Å²) >= 11 is 0. The van der Waals surface area contributed by atoms with E-state index in [1.807, 2.05) is 6.92 Å². The Kier molecular flexibility index (Phi) is 4.36. The van der Waals surface area contributed by atoms with Crippen molar-refractivity contribution in [2.75, 3.05) is 7.11 Å². The molecule has 1 rings (SSSR count). The lowest BCUT2D eigenvalue weighted by molar-refractivity contribution is -0.161. The van der Waals surface area contributed by atoms with Gasteiger partial charge in [-0.15, -0.1) is 0 Å². The monoisotopic (exact) mass is 228 g/mol. The van der Waals surface area contributed by atoms with Gasteiger partial charge in [0.15, 0.2) is 0 Å². The van der Waals surface area contributed by atoms with Crippen molar-refractivity contribution in [2.45, 2.75) is 52.1 Å². The van der Waals surface area contributed by atoms with Gasteiger partial charge in [0.25, 0.3) is 0 Å². The van der Waals surface area contributed by atoms with Crippen LogP contribution in [0.5, 0.6) is 0 Å². The Morgan fingerprint density at radius 3 is 2.56 bits per heavy atom. The number of hydrogen-bond acceptors (Lipinski definition) is 3. The number of carbonyl (C=O) groups is 1. The fourth-order valence-electron chi connectivity index (χ4n) is 2.85. The molecule has 4 atom stereocenters. The summed E-state index contributed by atoms with van der Waals surface area (Å²) in [6, 6.07) is 0. The average Bonchev–Trinajstić information content (AvgIpc) is 2.24. The van der Waals surface area contributed by atoms with Gasteiger partial charge in [0.1, 0.15) is 0 Å². The summed E-state index contributed by atoms with van der Waals surface area (Å²) in [5.74, 6) is 0.465. The van der Waals surface area contributed by atoms with Crippen LogP contribution < -0.4 is 0 Å². The zero-order valence-electron chi connectivity index (χ0n) is 10.8. The van der Waals surface area contributed by atoms with Gasteiger partial charge in [-0.25, -0.2) is 0 Å². The second-order valence-electron chi connectivity index (χ2n) is 5.28. The molecule has 1 aliphatic carbocycles. The molecule has 3 nitrogen and oxygen atoms in total. The lowest BCUT2D eigenvalue weighted by atomic mass is 9.67. The predicted octanol–water partition coefficient (Wildman–Crippen LogP) is 2.37. The quantitative estimate of drug-likeness (QED) is 0.754. The zero-order chi connectivity index (χ0) is 12.3. The van der Waals surface area contributed by atoms with Gasteiger partial charge in [-0.05, 0) is 37.5 Å². The summed E-state index contributed by atoms with van der Waals surface area (Å²) in [7, 11) is 1.39. The maximum Gasteiger partial charge on any atom is 0.311 e. The number of methoxy groups -OCH3 is 1. The molecule has 0 bridgehead atoms. The van der Waals surface area contributed by atoms with Crippen molar-refractivity contribution in [1.29, 1.82) is 0 Å². The Morgan fingerprint density at radius 2 is 2.12 bits per heavy atom. The van der Waals surface area contributed by atoms with Gasteiger partial charge < -0.3 is 9.84 Å². The molecule has 0 radical (unpaired) electrons. The summed E-state index contributed by atoms with van der Waals surface area (Å²) < 4.78 is 4.78. The smallest absolute Gasteiger partial charge is 0.311 e. The van der Waals surface area contributed by atoms with E-state index < -0.39 is 5.60 Å². The van der Waals surface area contributed by atoms with Crippen LogP contribution in [-0.4, -0.2) is 23.8 Å². The Labute approximate surface area is 98.2 Å². The van der Waals surface area contributed by atoms with E-state index in [-0.39, 0.29) is 11.9 Å². The van der Waals surface area contributed by atoms with Crippen LogP contribution in [0.1, 0.15) is 46.5 Å². The first-order valence-corrected chi connectivity index (χ1v) is 6.24. The minimum Gasteiger partial charge on any atom is -0.469 e. The third kappa shape index (κ3) is 2.57. The first-order chi connectivity index (χ1) is 7.44. The van der Waals surface area contributed by atoms with E-state index in [9.17, 15) is 9.90 Å². The van der Waals surface area contributed by atoms with Crippen LogP contribution in [0.3, 0.4) is 0 Å². The van der Waals surface area contributed by atoms with Crippen molar-refractivity contribution in [3.8, 4) is 0 Å². The maximum absolute atomic E-state index is 11.7. The average molecular weight is 228 g/mol. The van der Waals surface area contributed by atoms with Gasteiger partial charge in [-0.1, -0.05) is 20.8 Å². The molecule has 0 heterocycles. The second-order valence-corrected chi connectivity index (χ2v) is 5.28. The Bertz CT molecular complexity index is 252. The highest BCUT2D eigenvalue weighted by Crippen LogP contribution is 2.41. The van der Waals surface area contributed by atoms with Crippen LogP contribution in [0.4, 0.5) is 0 Å². The fourth-order valence-corrected chi connectivity index (χ4v) is 2.85. The van der Waals surface area contributed by atoms with E-state index in [2.05, 4.69) is 13.8 Å². The number of carbonyl (C=O) groups excluding carboxylic acids is 1. The third-order valence-electron chi connectivity index (χ3n) is 4.22. The lowest BCUT2D eigenvalue weighted by Crippen LogP contribution is -2.47. The van der Waals surface area contributed by atoms with Crippen LogP contribution in [0.15, 0.2) is 0 Å². The number of ether oxygens (including phenoxy) is 1. The molecular formula is C13H24O3. The zero-order valence-corrected chi connectivity index (χ0v) is 10.8. The molecule has 16 heavy (non-hydrogen) atoms. The van der Waals surface area contributed by atoms with Crippen molar-refractivity contribution < 1.29 is 14.6 Å². The highest BCUT2D eigenvalue weighted by molar-refractivity contribution is 5.73. The van der Waals surface area contributed by atoms with Crippen LogP contribution in [0.25, 0.3) is 0 Å². The molecule has 94 valence electrons.